The van der Waals surface area contributed by atoms with E-state index in [1.807, 2.05) is 31.7 Å². The van der Waals surface area contributed by atoms with Crippen LogP contribution in [0.2, 0.25) is 23.3 Å². The third-order valence-corrected chi connectivity index (χ3v) is 15.2. The number of aromatic nitrogens is 4. The van der Waals surface area contributed by atoms with Gasteiger partial charge in [-0.2, -0.15) is 4.98 Å². The van der Waals surface area contributed by atoms with Gasteiger partial charge < -0.3 is 19.3 Å². The van der Waals surface area contributed by atoms with Crippen molar-refractivity contribution in [2.45, 2.75) is 110 Å². The Kier molecular flexibility index (Phi) is 9.55. The molecule has 1 saturated heterocycles. The summed E-state index contributed by atoms with van der Waals surface area (Å²) in [6.07, 6.45) is 4.54. The number of rotatable bonds is 9. The molecule has 1 N–H and O–H groups in total. The Hall–Kier alpha value is -3.09. The fourth-order valence-corrected chi connectivity index (χ4v) is 7.41. The number of piperazine rings is 1. The van der Waals surface area contributed by atoms with Gasteiger partial charge in [0.2, 0.25) is 0 Å². The second-order valence-electron chi connectivity index (χ2n) is 15.4. The molecule has 4 heterocycles. The molecule has 256 valence electrons. The fraction of sp³-hybridized carbons (Fsp3) is 0.618. The fourth-order valence-electron chi connectivity index (χ4n) is 6.18. The predicted octanol–water partition coefficient (Wildman–Crippen LogP) is 7.40. The number of aryl methyl sites for hydroxylation is 1. The minimum Gasteiger partial charge on any atom is -0.465 e. The van der Waals surface area contributed by atoms with Gasteiger partial charge in [-0.15, -0.1) is 0 Å². The Morgan fingerprint density at radius 3 is 2.47 bits per heavy atom. The van der Waals surface area contributed by atoms with E-state index in [4.69, 9.17) is 21.0 Å². The largest absolute Gasteiger partial charge is 0.465 e. The minimum absolute atomic E-state index is 0.0377. The lowest BCUT2D eigenvalue weighted by Crippen LogP contribution is -2.58. The van der Waals surface area contributed by atoms with E-state index in [2.05, 4.69) is 43.8 Å². The number of carboxylic acid groups (broad SMARTS) is 1. The van der Waals surface area contributed by atoms with E-state index < -0.39 is 25.9 Å². The molecule has 1 saturated carbocycles. The summed E-state index contributed by atoms with van der Waals surface area (Å²) >= 11 is 6.28. The van der Waals surface area contributed by atoms with Gasteiger partial charge in [0.1, 0.15) is 5.82 Å². The smallest absolute Gasteiger partial charge is 0.407 e. The van der Waals surface area contributed by atoms with Gasteiger partial charge in [-0.3, -0.25) is 4.98 Å². The Morgan fingerprint density at radius 2 is 1.87 bits per heavy atom. The van der Waals surface area contributed by atoms with Crippen LogP contribution in [-0.4, -0.2) is 75.7 Å². The molecule has 1 amide bonds. The highest BCUT2D eigenvalue weighted by molar-refractivity contribution is 6.74. The van der Waals surface area contributed by atoms with Crippen molar-refractivity contribution >= 4 is 42.9 Å². The summed E-state index contributed by atoms with van der Waals surface area (Å²) in [4.78, 5) is 42.9. The van der Waals surface area contributed by atoms with Crippen LogP contribution in [-0.2, 0) is 10.8 Å². The van der Waals surface area contributed by atoms with Gasteiger partial charge in [0.25, 0.3) is 0 Å². The molecule has 3 aromatic rings. The van der Waals surface area contributed by atoms with Gasteiger partial charge in [0.15, 0.2) is 24.9 Å². The molecule has 3 aromatic heterocycles. The Labute approximate surface area is 282 Å². The van der Waals surface area contributed by atoms with Crippen LogP contribution in [0.5, 0.6) is 0 Å². The topological polar surface area (TPSA) is 114 Å². The first kappa shape index (κ1) is 35.2. The number of anilines is 1. The highest BCUT2D eigenvalue weighted by Gasteiger charge is 2.46. The van der Waals surface area contributed by atoms with Crippen molar-refractivity contribution in [2.75, 3.05) is 24.6 Å². The lowest BCUT2D eigenvalue weighted by Gasteiger charge is -2.43. The van der Waals surface area contributed by atoms with E-state index in [0.29, 0.717) is 23.2 Å². The number of carbonyl (C=O) groups is 1. The summed E-state index contributed by atoms with van der Waals surface area (Å²) in [6, 6.07) is 2.52. The first-order chi connectivity index (χ1) is 21.9. The molecule has 0 bridgehead atoms. The molecule has 10 nitrogen and oxygen atoms in total. The predicted molar refractivity (Wildman–Crippen MR) is 186 cm³/mol. The summed E-state index contributed by atoms with van der Waals surface area (Å²) in [5.74, 6) is -0.514. The SMILES string of the molecule is CC(C)c1nccc(CCC2(CO[Si](C)(C)C(C)(C)C)CC2)c1-n1c(=O)nc(N2C[C@@H](C)N(C(=O)O)C[C@@H]2C)c2cc(F)c(Cl)nc21. The Morgan fingerprint density at radius 1 is 1.19 bits per heavy atom. The van der Waals surface area contributed by atoms with Crippen LogP contribution in [0, 0.1) is 11.2 Å². The third-order valence-electron chi connectivity index (χ3n) is 10.5. The molecule has 0 radical (unpaired) electrons. The highest BCUT2D eigenvalue weighted by atomic mass is 35.5. The van der Waals surface area contributed by atoms with Gasteiger partial charge in [-0.25, -0.2) is 23.5 Å². The molecule has 1 aliphatic carbocycles. The molecule has 0 aromatic carbocycles. The van der Waals surface area contributed by atoms with Crippen LogP contribution in [0.25, 0.3) is 16.7 Å². The molecular weight excluding hydrogens is 639 g/mol. The third kappa shape index (κ3) is 6.91. The van der Waals surface area contributed by atoms with Crippen molar-refractivity contribution in [1.82, 2.24) is 24.4 Å². The van der Waals surface area contributed by atoms with Gasteiger partial charge in [0, 0.05) is 38.0 Å². The van der Waals surface area contributed by atoms with Crippen molar-refractivity contribution in [2.24, 2.45) is 5.41 Å². The zero-order valence-electron chi connectivity index (χ0n) is 29.0. The van der Waals surface area contributed by atoms with Crippen molar-refractivity contribution in [3.8, 4) is 5.69 Å². The molecule has 2 atom stereocenters. The number of hydrogen-bond acceptors (Lipinski definition) is 7. The van der Waals surface area contributed by atoms with E-state index in [1.165, 1.54) is 15.5 Å². The first-order valence-corrected chi connectivity index (χ1v) is 19.8. The van der Waals surface area contributed by atoms with Crippen molar-refractivity contribution in [3.05, 3.63) is 51.0 Å². The van der Waals surface area contributed by atoms with Crippen LogP contribution in [0.4, 0.5) is 15.0 Å². The van der Waals surface area contributed by atoms with E-state index in [9.17, 15) is 14.7 Å². The van der Waals surface area contributed by atoms with E-state index in [0.717, 1.165) is 31.4 Å². The second-order valence-corrected chi connectivity index (χ2v) is 20.5. The zero-order chi connectivity index (χ0) is 34.6. The van der Waals surface area contributed by atoms with Crippen molar-refractivity contribution in [3.63, 3.8) is 0 Å². The summed E-state index contributed by atoms with van der Waals surface area (Å²) in [7, 11) is -1.91. The van der Waals surface area contributed by atoms with E-state index in [-0.39, 0.29) is 58.2 Å². The molecule has 13 heteroatoms. The number of hydrogen-bond donors (Lipinski definition) is 1. The maximum absolute atomic E-state index is 15.1. The number of fused-ring (bicyclic) bond motifs is 1. The summed E-state index contributed by atoms with van der Waals surface area (Å²) < 4.78 is 23.2. The average molecular weight is 687 g/mol. The standard InChI is InChI=1S/C34H48ClFN6O4Si/c1-20(2)26-27(23(11-15-37-26)10-12-34(13-14-34)19-46-47(8,9)33(5,6)7)42-30-24(16-25(36)28(35)38-30)29(39-31(42)43)40-17-22(4)41(32(44)45)18-21(40)3/h11,15-16,20-22H,10,12-14,17-19H2,1-9H3,(H,44,45)/t21-,22+/m0/s1. The van der Waals surface area contributed by atoms with Crippen molar-refractivity contribution in [1.29, 1.82) is 0 Å². The number of pyridine rings is 2. The monoisotopic (exact) mass is 686 g/mol. The quantitative estimate of drug-likeness (QED) is 0.183. The van der Waals surface area contributed by atoms with Gasteiger partial charge in [-0.1, -0.05) is 46.2 Å². The lowest BCUT2D eigenvalue weighted by atomic mass is 9.95. The van der Waals surface area contributed by atoms with Crippen LogP contribution in [0.15, 0.2) is 23.1 Å². The van der Waals surface area contributed by atoms with Crippen LogP contribution < -0.4 is 10.6 Å². The molecule has 2 aliphatic rings. The Bertz CT molecular complexity index is 1740. The van der Waals surface area contributed by atoms with Crippen LogP contribution in [0.1, 0.15) is 84.9 Å². The number of nitrogens with zero attached hydrogens (tertiary/aromatic N) is 6. The second kappa shape index (κ2) is 12.7. The molecule has 0 unspecified atom stereocenters. The molecule has 1 aliphatic heterocycles. The van der Waals surface area contributed by atoms with Crippen molar-refractivity contribution < 1.29 is 18.7 Å². The molecule has 2 fully saturated rings. The van der Waals surface area contributed by atoms with Crippen LogP contribution >= 0.6 is 11.6 Å². The highest BCUT2D eigenvalue weighted by Crippen LogP contribution is 2.51. The summed E-state index contributed by atoms with van der Waals surface area (Å²) in [5.41, 5.74) is 1.94. The molecular formula is C34H48ClFN6O4Si. The normalized spacial score (nSPS) is 19.9. The number of amides is 1. The summed E-state index contributed by atoms with van der Waals surface area (Å²) in [6.45, 7) is 20.2. The molecule has 5 rings (SSSR count). The first-order valence-electron chi connectivity index (χ1n) is 16.5. The molecule has 47 heavy (non-hydrogen) atoms. The van der Waals surface area contributed by atoms with Crippen LogP contribution in [0.3, 0.4) is 0 Å². The van der Waals surface area contributed by atoms with Gasteiger partial charge in [-0.05, 0) is 86.7 Å². The maximum Gasteiger partial charge on any atom is 0.407 e. The average Bonchev–Trinajstić information content (AvgIpc) is 3.76. The van der Waals surface area contributed by atoms with E-state index in [1.54, 1.807) is 13.1 Å². The van der Waals surface area contributed by atoms with E-state index >= 15 is 4.39 Å². The zero-order valence-corrected chi connectivity index (χ0v) is 30.8. The minimum atomic E-state index is -1.91. The molecule has 0 spiro atoms. The lowest BCUT2D eigenvalue weighted by molar-refractivity contribution is 0.114. The van der Waals surface area contributed by atoms with Gasteiger partial charge in [0.05, 0.1) is 16.8 Å². The summed E-state index contributed by atoms with van der Waals surface area (Å²) in [5, 5.41) is 9.77. The maximum atomic E-state index is 15.1. The van der Waals surface area contributed by atoms with Gasteiger partial charge >= 0.3 is 11.8 Å². The number of halogens is 2. The Balaban J connectivity index is 1.59.